The molecule has 0 bridgehead atoms. The maximum atomic E-state index is 5.16. The van der Waals surface area contributed by atoms with Crippen LogP contribution >= 0.6 is 11.9 Å². The summed E-state index contributed by atoms with van der Waals surface area (Å²) in [4.78, 5) is 0. The monoisotopic (exact) mass is 170 g/mol. The van der Waals surface area contributed by atoms with Crippen molar-refractivity contribution < 1.29 is 4.29 Å². The van der Waals surface area contributed by atoms with Crippen molar-refractivity contribution in [1.82, 2.24) is 0 Å². The predicted octanol–water partition coefficient (Wildman–Crippen LogP) is 2.97. The molecule has 1 nitrogen and oxygen atoms in total. The highest BCUT2D eigenvalue weighted by Gasteiger charge is 1.98. The molecule has 11 heavy (non-hydrogen) atoms. The Balaban J connectivity index is 2.96. The van der Waals surface area contributed by atoms with Crippen molar-refractivity contribution in [2.75, 3.05) is 0 Å². The zero-order valence-corrected chi connectivity index (χ0v) is 7.48. The third-order valence-electron chi connectivity index (χ3n) is 1.93. The molecule has 1 rings (SSSR count). The molecule has 60 valence electrons. The highest BCUT2D eigenvalue weighted by atomic mass is 35.5. The molecule has 0 N–H and O–H groups in total. The van der Waals surface area contributed by atoms with Crippen molar-refractivity contribution in [2.45, 2.75) is 20.5 Å². The first-order valence-corrected chi connectivity index (χ1v) is 3.85. The van der Waals surface area contributed by atoms with E-state index in [-0.39, 0.29) is 0 Å². The first kappa shape index (κ1) is 8.57. The van der Waals surface area contributed by atoms with Crippen molar-refractivity contribution in [3.05, 3.63) is 34.9 Å². The molecule has 0 spiro atoms. The van der Waals surface area contributed by atoms with Gasteiger partial charge < -0.3 is 0 Å². The average molecular weight is 171 g/mol. The van der Waals surface area contributed by atoms with Gasteiger partial charge in [0.25, 0.3) is 0 Å². The van der Waals surface area contributed by atoms with Gasteiger partial charge in [0.2, 0.25) is 0 Å². The number of aryl methyl sites for hydroxylation is 1. The lowest BCUT2D eigenvalue weighted by Gasteiger charge is -2.05. The lowest BCUT2D eigenvalue weighted by molar-refractivity contribution is 0.340. The molecule has 0 unspecified atom stereocenters. The highest BCUT2D eigenvalue weighted by Crippen LogP contribution is 2.13. The van der Waals surface area contributed by atoms with Gasteiger partial charge in [-0.1, -0.05) is 18.2 Å². The number of halogens is 1. The molecule has 2 heteroatoms. The summed E-state index contributed by atoms with van der Waals surface area (Å²) in [5.41, 5.74) is 3.68. The van der Waals surface area contributed by atoms with Crippen LogP contribution in [0.3, 0.4) is 0 Å². The zero-order chi connectivity index (χ0) is 8.27. The van der Waals surface area contributed by atoms with E-state index in [0.717, 1.165) is 5.56 Å². The molecule has 0 heterocycles. The van der Waals surface area contributed by atoms with Crippen LogP contribution in [0.5, 0.6) is 0 Å². The molecule has 0 aliphatic rings. The lowest BCUT2D eigenvalue weighted by Crippen LogP contribution is -1.91. The first-order chi connectivity index (χ1) is 5.25. The van der Waals surface area contributed by atoms with Crippen LogP contribution in [0.15, 0.2) is 18.2 Å². The van der Waals surface area contributed by atoms with E-state index in [1.54, 1.807) is 0 Å². The molecule has 0 aliphatic heterocycles. The fraction of sp³-hybridized carbons (Fsp3) is 0.333. The van der Waals surface area contributed by atoms with Crippen molar-refractivity contribution in [1.29, 1.82) is 0 Å². The van der Waals surface area contributed by atoms with Crippen LogP contribution in [-0.4, -0.2) is 0 Å². The summed E-state index contributed by atoms with van der Waals surface area (Å²) in [6.07, 6.45) is 0. The fourth-order valence-electron chi connectivity index (χ4n) is 1.03. The van der Waals surface area contributed by atoms with Gasteiger partial charge in [-0.15, -0.1) is 0 Å². The minimum atomic E-state index is 0.481. The van der Waals surface area contributed by atoms with E-state index in [9.17, 15) is 0 Å². The minimum absolute atomic E-state index is 0.481. The molecule has 0 atom stereocenters. The average Bonchev–Trinajstić information content (AvgIpc) is 1.99. The van der Waals surface area contributed by atoms with Crippen LogP contribution in [0, 0.1) is 13.8 Å². The second-order valence-electron chi connectivity index (χ2n) is 2.61. The fourth-order valence-corrected chi connectivity index (χ4v) is 1.14. The van der Waals surface area contributed by atoms with Crippen LogP contribution in [0.2, 0.25) is 0 Å². The molecule has 0 amide bonds. The second kappa shape index (κ2) is 3.74. The summed E-state index contributed by atoms with van der Waals surface area (Å²) in [7, 11) is 0. The van der Waals surface area contributed by atoms with E-state index < -0.39 is 0 Å². The van der Waals surface area contributed by atoms with Crippen molar-refractivity contribution in [2.24, 2.45) is 0 Å². The topological polar surface area (TPSA) is 9.23 Å². The van der Waals surface area contributed by atoms with Crippen LogP contribution in [-0.2, 0) is 10.9 Å². The molecule has 0 aromatic heterocycles. The van der Waals surface area contributed by atoms with E-state index in [4.69, 9.17) is 11.9 Å². The SMILES string of the molecule is Cc1cccc(COCl)c1C. The Morgan fingerprint density at radius 1 is 1.36 bits per heavy atom. The van der Waals surface area contributed by atoms with Gasteiger partial charge in [0.15, 0.2) is 0 Å². The van der Waals surface area contributed by atoms with Gasteiger partial charge in [-0.25, -0.2) is 0 Å². The smallest absolute Gasteiger partial charge is 0.0936 e. The molecule has 0 aliphatic carbocycles. The Morgan fingerprint density at radius 2 is 2.09 bits per heavy atom. The lowest BCUT2D eigenvalue weighted by atomic mass is 10.0. The molecule has 0 radical (unpaired) electrons. The van der Waals surface area contributed by atoms with Gasteiger partial charge in [0.05, 0.1) is 18.5 Å². The Labute approximate surface area is 72.1 Å². The number of hydrogen-bond donors (Lipinski definition) is 0. The number of rotatable bonds is 2. The summed E-state index contributed by atoms with van der Waals surface area (Å²) >= 11 is 5.16. The third kappa shape index (κ3) is 1.95. The summed E-state index contributed by atoms with van der Waals surface area (Å²) in [6, 6.07) is 6.10. The van der Waals surface area contributed by atoms with Crippen LogP contribution in [0.1, 0.15) is 16.7 Å². The van der Waals surface area contributed by atoms with Gasteiger partial charge in [0.1, 0.15) is 0 Å². The van der Waals surface area contributed by atoms with E-state index in [1.807, 2.05) is 12.1 Å². The largest absolute Gasteiger partial charge is 0.274 e. The third-order valence-corrected chi connectivity index (χ3v) is 2.04. The van der Waals surface area contributed by atoms with Gasteiger partial charge in [0, 0.05) is 0 Å². The van der Waals surface area contributed by atoms with Crippen LogP contribution in [0.25, 0.3) is 0 Å². The molecule has 1 aromatic rings. The molecular formula is C9H11ClO. The summed E-state index contributed by atoms with van der Waals surface area (Å²) in [5, 5.41) is 0. The van der Waals surface area contributed by atoms with E-state index >= 15 is 0 Å². The van der Waals surface area contributed by atoms with Crippen molar-refractivity contribution >= 4 is 11.9 Å². The highest BCUT2D eigenvalue weighted by molar-refractivity contribution is 6.07. The molecular weight excluding hydrogens is 160 g/mol. The summed E-state index contributed by atoms with van der Waals surface area (Å²) < 4.78 is 4.54. The van der Waals surface area contributed by atoms with Gasteiger partial charge in [-0.05, 0) is 30.5 Å². The Hall–Kier alpha value is -0.530. The molecule has 0 saturated heterocycles. The standard InChI is InChI=1S/C9H11ClO/c1-7-4-3-5-9(6-11-10)8(7)2/h3-5H,6H2,1-2H3. The molecule has 0 fully saturated rings. The summed E-state index contributed by atoms with van der Waals surface area (Å²) in [5.74, 6) is 0. The minimum Gasteiger partial charge on any atom is -0.274 e. The Bertz CT molecular complexity index is 245. The zero-order valence-electron chi connectivity index (χ0n) is 6.73. The van der Waals surface area contributed by atoms with Gasteiger partial charge in [-0.3, -0.25) is 4.29 Å². The molecule has 0 saturated carbocycles. The summed E-state index contributed by atoms with van der Waals surface area (Å²) in [6.45, 7) is 4.63. The Kier molecular flexibility index (Phi) is 2.92. The quantitative estimate of drug-likeness (QED) is 0.663. The van der Waals surface area contributed by atoms with Gasteiger partial charge in [-0.2, -0.15) is 0 Å². The van der Waals surface area contributed by atoms with Crippen molar-refractivity contribution in [3.8, 4) is 0 Å². The van der Waals surface area contributed by atoms with E-state index in [1.165, 1.54) is 11.1 Å². The number of benzene rings is 1. The van der Waals surface area contributed by atoms with Crippen molar-refractivity contribution in [3.63, 3.8) is 0 Å². The molecule has 1 aromatic carbocycles. The Morgan fingerprint density at radius 3 is 2.73 bits per heavy atom. The van der Waals surface area contributed by atoms with Crippen LogP contribution in [0.4, 0.5) is 0 Å². The first-order valence-electron chi connectivity index (χ1n) is 3.54. The maximum Gasteiger partial charge on any atom is 0.0936 e. The van der Waals surface area contributed by atoms with Crippen LogP contribution < -0.4 is 0 Å². The second-order valence-corrected chi connectivity index (χ2v) is 2.83. The van der Waals surface area contributed by atoms with E-state index in [0.29, 0.717) is 6.61 Å². The normalized spacial score (nSPS) is 10.1. The van der Waals surface area contributed by atoms with Gasteiger partial charge >= 0.3 is 0 Å². The predicted molar refractivity (Wildman–Crippen MR) is 46.6 cm³/mol. The van der Waals surface area contributed by atoms with E-state index in [2.05, 4.69) is 24.2 Å². The number of hydrogen-bond acceptors (Lipinski definition) is 1. The maximum absolute atomic E-state index is 5.16.